The number of aliphatic hydroxyl groups is 1. The molecule has 0 aliphatic rings. The maximum atomic E-state index is 11.1. The van der Waals surface area contributed by atoms with E-state index in [0.29, 0.717) is 6.42 Å². The van der Waals surface area contributed by atoms with Gasteiger partial charge in [-0.25, -0.2) is 0 Å². The summed E-state index contributed by atoms with van der Waals surface area (Å²) in [4.78, 5) is 0. The first-order chi connectivity index (χ1) is 9.91. The Bertz CT molecular complexity index is 724. The minimum Gasteiger partial charge on any atom is -0.497 e. The first-order valence-corrected chi connectivity index (χ1v) is 8.29. The second kappa shape index (κ2) is 6.43. The van der Waals surface area contributed by atoms with Crippen molar-refractivity contribution < 1.29 is 22.4 Å². The van der Waals surface area contributed by atoms with E-state index in [-0.39, 0.29) is 6.61 Å². The lowest BCUT2D eigenvalue weighted by Gasteiger charge is -2.14. The van der Waals surface area contributed by atoms with Crippen molar-refractivity contribution >= 4 is 20.9 Å². The minimum atomic E-state index is -3.58. The van der Waals surface area contributed by atoms with Gasteiger partial charge in [0.25, 0.3) is 10.1 Å². The highest BCUT2D eigenvalue weighted by molar-refractivity contribution is 7.86. The molecule has 2 rings (SSSR count). The Morgan fingerprint density at radius 3 is 2.43 bits per heavy atom. The van der Waals surface area contributed by atoms with Crippen molar-refractivity contribution in [2.24, 2.45) is 0 Å². The van der Waals surface area contributed by atoms with Crippen LogP contribution in [0.4, 0.5) is 0 Å². The Kier molecular flexibility index (Phi) is 4.82. The zero-order valence-electron chi connectivity index (χ0n) is 11.9. The van der Waals surface area contributed by atoms with Crippen LogP contribution in [0.1, 0.15) is 5.56 Å². The van der Waals surface area contributed by atoms with E-state index in [0.717, 1.165) is 28.3 Å². The van der Waals surface area contributed by atoms with Crippen LogP contribution in [-0.2, 0) is 20.7 Å². The first-order valence-electron chi connectivity index (χ1n) is 6.47. The van der Waals surface area contributed by atoms with Crippen molar-refractivity contribution in [2.75, 3.05) is 20.0 Å². The fourth-order valence-electron chi connectivity index (χ4n) is 2.17. The monoisotopic (exact) mass is 310 g/mol. The van der Waals surface area contributed by atoms with Gasteiger partial charge in [0.2, 0.25) is 0 Å². The molecule has 0 aliphatic heterocycles. The van der Waals surface area contributed by atoms with Gasteiger partial charge in [0.05, 0.1) is 20.0 Å². The zero-order chi connectivity index (χ0) is 15.5. The van der Waals surface area contributed by atoms with Gasteiger partial charge in [-0.15, -0.1) is 0 Å². The number of ether oxygens (including phenoxy) is 1. The molecule has 0 radical (unpaired) electrons. The van der Waals surface area contributed by atoms with E-state index in [9.17, 15) is 13.5 Å². The number of hydrogen-bond donors (Lipinski definition) is 1. The summed E-state index contributed by atoms with van der Waals surface area (Å²) >= 11 is 0. The Morgan fingerprint density at radius 1 is 1.14 bits per heavy atom. The lowest BCUT2D eigenvalue weighted by atomic mass is 10.0. The highest BCUT2D eigenvalue weighted by Crippen LogP contribution is 2.22. The van der Waals surface area contributed by atoms with Gasteiger partial charge in [-0.2, -0.15) is 8.42 Å². The van der Waals surface area contributed by atoms with Gasteiger partial charge in [0, 0.05) is 6.42 Å². The van der Waals surface area contributed by atoms with Crippen LogP contribution in [-0.4, -0.2) is 39.6 Å². The maximum absolute atomic E-state index is 11.1. The molecule has 0 aromatic heterocycles. The maximum Gasteiger partial charge on any atom is 0.264 e. The molecular formula is C15H18O5S. The third-order valence-electron chi connectivity index (χ3n) is 3.09. The molecule has 2 aromatic rings. The van der Waals surface area contributed by atoms with Gasteiger partial charge < -0.3 is 9.84 Å². The van der Waals surface area contributed by atoms with E-state index in [1.54, 1.807) is 7.11 Å². The molecule has 21 heavy (non-hydrogen) atoms. The average Bonchev–Trinajstić information content (AvgIpc) is 2.44. The van der Waals surface area contributed by atoms with Gasteiger partial charge in [-0.1, -0.05) is 24.3 Å². The molecule has 0 unspecified atom stereocenters. The van der Waals surface area contributed by atoms with E-state index < -0.39 is 16.2 Å². The Morgan fingerprint density at radius 2 is 1.81 bits per heavy atom. The number of fused-ring (bicyclic) bond motifs is 1. The Hall–Kier alpha value is -1.63. The topological polar surface area (TPSA) is 72.8 Å². The Labute approximate surface area is 124 Å². The molecule has 0 fully saturated rings. The third-order valence-corrected chi connectivity index (χ3v) is 3.71. The van der Waals surface area contributed by atoms with E-state index in [4.69, 9.17) is 8.92 Å². The standard InChI is InChI=1S/C15H18O5S/c1-19-14-6-5-12-7-11(3-4-13(12)9-14)8-15(10-16)20-21(2,17)18/h3-7,9,15-16H,8,10H2,1-2H3/t15-/m0/s1. The molecular weight excluding hydrogens is 292 g/mol. The summed E-state index contributed by atoms with van der Waals surface area (Å²) in [7, 11) is -1.97. The van der Waals surface area contributed by atoms with Crippen molar-refractivity contribution in [3.8, 4) is 5.75 Å². The normalized spacial score (nSPS) is 13.3. The van der Waals surface area contributed by atoms with Crippen molar-refractivity contribution in [3.05, 3.63) is 42.0 Å². The van der Waals surface area contributed by atoms with Crippen molar-refractivity contribution in [3.63, 3.8) is 0 Å². The minimum absolute atomic E-state index is 0.325. The van der Waals surface area contributed by atoms with Crippen LogP contribution in [0.2, 0.25) is 0 Å². The first kappa shape index (κ1) is 15.8. The van der Waals surface area contributed by atoms with Crippen LogP contribution in [0.25, 0.3) is 10.8 Å². The highest BCUT2D eigenvalue weighted by Gasteiger charge is 2.15. The summed E-state index contributed by atoms with van der Waals surface area (Å²) in [6, 6.07) is 11.5. The fraction of sp³-hybridized carbons (Fsp3) is 0.333. The molecule has 5 nitrogen and oxygen atoms in total. The van der Waals surface area contributed by atoms with Crippen LogP contribution >= 0.6 is 0 Å². The number of rotatable bonds is 6. The second-order valence-electron chi connectivity index (χ2n) is 4.86. The number of methoxy groups -OCH3 is 1. The van der Waals surface area contributed by atoms with Gasteiger partial charge in [0.15, 0.2) is 0 Å². The molecule has 0 bridgehead atoms. The van der Waals surface area contributed by atoms with E-state index in [2.05, 4.69) is 0 Å². The third kappa shape index (κ3) is 4.42. The molecule has 0 saturated heterocycles. The van der Waals surface area contributed by atoms with Gasteiger partial charge >= 0.3 is 0 Å². The lowest BCUT2D eigenvalue weighted by molar-refractivity contribution is 0.122. The predicted octanol–water partition coefficient (Wildman–Crippen LogP) is 1.73. The van der Waals surface area contributed by atoms with E-state index in [1.807, 2.05) is 36.4 Å². The average molecular weight is 310 g/mol. The lowest BCUT2D eigenvalue weighted by Crippen LogP contribution is -2.23. The quantitative estimate of drug-likeness (QED) is 0.823. The van der Waals surface area contributed by atoms with Gasteiger partial charge in [-0.3, -0.25) is 4.18 Å². The molecule has 6 heteroatoms. The van der Waals surface area contributed by atoms with Crippen LogP contribution in [0.5, 0.6) is 5.75 Å². The summed E-state index contributed by atoms with van der Waals surface area (Å²) in [6.45, 7) is -0.353. The SMILES string of the molecule is COc1ccc2cc(C[C@@H](CO)OS(C)(=O)=O)ccc2c1. The predicted molar refractivity (Wildman–Crippen MR) is 81.0 cm³/mol. The molecule has 0 aliphatic carbocycles. The second-order valence-corrected chi connectivity index (χ2v) is 6.46. The fourth-order valence-corrected chi connectivity index (χ4v) is 2.79. The van der Waals surface area contributed by atoms with Crippen LogP contribution in [0.3, 0.4) is 0 Å². The van der Waals surface area contributed by atoms with Crippen molar-refractivity contribution in [2.45, 2.75) is 12.5 Å². The molecule has 2 aromatic carbocycles. The molecule has 0 heterocycles. The molecule has 0 amide bonds. The summed E-state index contributed by atoms with van der Waals surface area (Å²) in [5.74, 6) is 0.781. The summed E-state index contributed by atoms with van der Waals surface area (Å²) < 4.78 is 32.3. The van der Waals surface area contributed by atoms with Crippen LogP contribution in [0.15, 0.2) is 36.4 Å². The van der Waals surface area contributed by atoms with Crippen LogP contribution < -0.4 is 4.74 Å². The largest absolute Gasteiger partial charge is 0.497 e. The molecule has 1 N–H and O–H groups in total. The highest BCUT2D eigenvalue weighted by atomic mass is 32.2. The number of hydrogen-bond acceptors (Lipinski definition) is 5. The smallest absolute Gasteiger partial charge is 0.264 e. The van der Waals surface area contributed by atoms with Gasteiger partial charge in [0.1, 0.15) is 11.9 Å². The van der Waals surface area contributed by atoms with E-state index in [1.165, 1.54) is 0 Å². The van der Waals surface area contributed by atoms with Crippen molar-refractivity contribution in [1.82, 2.24) is 0 Å². The summed E-state index contributed by atoms with van der Waals surface area (Å²) in [5, 5.41) is 11.3. The molecule has 0 spiro atoms. The number of benzene rings is 2. The Balaban J connectivity index is 2.22. The zero-order valence-corrected chi connectivity index (χ0v) is 12.8. The summed E-state index contributed by atoms with van der Waals surface area (Å²) in [6.07, 6.45) is 0.532. The van der Waals surface area contributed by atoms with Crippen LogP contribution in [0, 0.1) is 0 Å². The van der Waals surface area contributed by atoms with Gasteiger partial charge in [-0.05, 0) is 28.5 Å². The van der Waals surface area contributed by atoms with E-state index >= 15 is 0 Å². The molecule has 1 atom stereocenters. The molecule has 0 saturated carbocycles. The molecule has 114 valence electrons. The van der Waals surface area contributed by atoms with Crippen molar-refractivity contribution in [1.29, 1.82) is 0 Å². The number of aliphatic hydroxyl groups excluding tert-OH is 1. The summed E-state index contributed by atoms with van der Waals surface area (Å²) in [5.41, 5.74) is 0.898.